The molecule has 0 aliphatic heterocycles. The lowest BCUT2D eigenvalue weighted by Gasteiger charge is -2.23. The third kappa shape index (κ3) is 6.05. The number of benzene rings is 1. The van der Waals surface area contributed by atoms with Crippen molar-refractivity contribution in [3.8, 4) is 17.1 Å². The van der Waals surface area contributed by atoms with Gasteiger partial charge in [-0.2, -0.15) is 0 Å². The molecule has 0 N–H and O–H groups in total. The molecular formula is C25H36N2O. The molecule has 3 heteroatoms. The minimum Gasteiger partial charge on any atom is -0.494 e. The molecule has 0 radical (unpaired) electrons. The molecule has 3 nitrogen and oxygen atoms in total. The summed E-state index contributed by atoms with van der Waals surface area (Å²) in [5, 5.41) is 0. The lowest BCUT2D eigenvalue weighted by Crippen LogP contribution is -2.16. The van der Waals surface area contributed by atoms with Crippen LogP contribution < -0.4 is 4.74 Å². The van der Waals surface area contributed by atoms with Crippen molar-refractivity contribution in [3.63, 3.8) is 0 Å². The molecule has 2 aromatic rings. The highest BCUT2D eigenvalue weighted by Crippen LogP contribution is 2.28. The van der Waals surface area contributed by atoms with Gasteiger partial charge in [0.2, 0.25) is 0 Å². The third-order valence-corrected chi connectivity index (χ3v) is 5.83. The molecule has 0 spiro atoms. The summed E-state index contributed by atoms with van der Waals surface area (Å²) in [6.07, 6.45) is 15.9. The van der Waals surface area contributed by atoms with Crippen molar-refractivity contribution < 1.29 is 4.74 Å². The summed E-state index contributed by atoms with van der Waals surface area (Å²) in [6, 6.07) is 8.26. The molecule has 1 aliphatic carbocycles. The molecule has 1 atom stereocenters. The molecule has 0 saturated carbocycles. The van der Waals surface area contributed by atoms with E-state index in [0.717, 1.165) is 48.9 Å². The zero-order valence-corrected chi connectivity index (χ0v) is 17.8. The van der Waals surface area contributed by atoms with Crippen molar-refractivity contribution in [2.45, 2.75) is 84.5 Å². The van der Waals surface area contributed by atoms with E-state index in [1.807, 2.05) is 12.1 Å². The first-order valence-corrected chi connectivity index (χ1v) is 11.4. The fraction of sp³-hybridized carbons (Fsp3) is 0.600. The van der Waals surface area contributed by atoms with Crippen molar-refractivity contribution >= 4 is 0 Å². The largest absolute Gasteiger partial charge is 0.494 e. The second-order valence-corrected chi connectivity index (χ2v) is 8.20. The molecule has 152 valence electrons. The molecule has 0 saturated heterocycles. The van der Waals surface area contributed by atoms with E-state index in [1.54, 1.807) is 0 Å². The first kappa shape index (κ1) is 20.8. The molecule has 1 aromatic heterocycles. The molecule has 0 fully saturated rings. The van der Waals surface area contributed by atoms with Crippen LogP contribution in [0.25, 0.3) is 11.4 Å². The number of aryl methyl sites for hydroxylation is 1. The third-order valence-electron chi connectivity index (χ3n) is 5.83. The van der Waals surface area contributed by atoms with Gasteiger partial charge in [-0.1, -0.05) is 58.8 Å². The molecule has 3 rings (SSSR count). The Hall–Kier alpha value is -1.90. The van der Waals surface area contributed by atoms with Crippen LogP contribution in [0, 0.1) is 5.92 Å². The van der Waals surface area contributed by atoms with E-state index in [1.165, 1.54) is 62.6 Å². The molecule has 1 heterocycles. The average Bonchev–Trinajstić information content (AvgIpc) is 2.73. The van der Waals surface area contributed by atoms with Crippen LogP contribution in [-0.4, -0.2) is 16.6 Å². The Labute approximate surface area is 171 Å². The number of hydrogen-bond donors (Lipinski definition) is 0. The average molecular weight is 381 g/mol. The number of aromatic nitrogens is 2. The summed E-state index contributed by atoms with van der Waals surface area (Å²) in [5.74, 6) is 2.60. The maximum absolute atomic E-state index is 5.89. The second-order valence-electron chi connectivity index (χ2n) is 8.20. The van der Waals surface area contributed by atoms with Gasteiger partial charge in [-0.25, -0.2) is 9.97 Å². The van der Waals surface area contributed by atoms with Crippen molar-refractivity contribution in [2.24, 2.45) is 5.92 Å². The quantitative estimate of drug-likeness (QED) is 0.403. The fourth-order valence-electron chi connectivity index (χ4n) is 4.15. The van der Waals surface area contributed by atoms with E-state index < -0.39 is 0 Å². The van der Waals surface area contributed by atoms with E-state index in [2.05, 4.69) is 37.2 Å². The second kappa shape index (κ2) is 11.2. The van der Waals surface area contributed by atoms with Gasteiger partial charge < -0.3 is 4.74 Å². The Morgan fingerprint density at radius 1 is 0.964 bits per heavy atom. The normalized spacial score (nSPS) is 16.0. The van der Waals surface area contributed by atoms with Gasteiger partial charge in [0.15, 0.2) is 5.82 Å². The van der Waals surface area contributed by atoms with E-state index in [0.29, 0.717) is 0 Å². The Bertz CT molecular complexity index is 711. The van der Waals surface area contributed by atoms with E-state index in [4.69, 9.17) is 9.72 Å². The fourth-order valence-corrected chi connectivity index (χ4v) is 4.15. The van der Waals surface area contributed by atoms with Crippen LogP contribution in [0.1, 0.15) is 82.9 Å². The van der Waals surface area contributed by atoms with Crippen molar-refractivity contribution in [1.82, 2.24) is 9.97 Å². The molecule has 0 amide bonds. The summed E-state index contributed by atoms with van der Waals surface area (Å²) in [7, 11) is 0. The van der Waals surface area contributed by atoms with E-state index >= 15 is 0 Å². The smallest absolute Gasteiger partial charge is 0.159 e. The topological polar surface area (TPSA) is 35.0 Å². The van der Waals surface area contributed by atoms with Gasteiger partial charge in [0.05, 0.1) is 6.61 Å². The van der Waals surface area contributed by atoms with Crippen LogP contribution in [0.15, 0.2) is 30.5 Å². The van der Waals surface area contributed by atoms with Crippen LogP contribution >= 0.6 is 0 Å². The highest BCUT2D eigenvalue weighted by Gasteiger charge is 2.20. The van der Waals surface area contributed by atoms with Crippen LogP contribution in [0.4, 0.5) is 0 Å². The molecule has 1 aromatic carbocycles. The van der Waals surface area contributed by atoms with Crippen LogP contribution in [0.5, 0.6) is 5.75 Å². The predicted molar refractivity (Wildman–Crippen MR) is 117 cm³/mol. The summed E-state index contributed by atoms with van der Waals surface area (Å²) in [5.41, 5.74) is 3.68. The monoisotopic (exact) mass is 380 g/mol. The first-order chi connectivity index (χ1) is 13.8. The first-order valence-electron chi connectivity index (χ1n) is 11.4. The highest BCUT2D eigenvalue weighted by atomic mass is 16.5. The van der Waals surface area contributed by atoms with Gasteiger partial charge in [-0.05, 0) is 61.4 Å². The number of hydrogen-bond acceptors (Lipinski definition) is 3. The van der Waals surface area contributed by atoms with Gasteiger partial charge in [-0.15, -0.1) is 0 Å². The maximum Gasteiger partial charge on any atom is 0.159 e. The lowest BCUT2D eigenvalue weighted by atomic mass is 9.84. The zero-order chi connectivity index (χ0) is 19.6. The predicted octanol–water partition coefficient (Wildman–Crippen LogP) is 6.79. The van der Waals surface area contributed by atoms with Crippen LogP contribution in [0.3, 0.4) is 0 Å². The van der Waals surface area contributed by atoms with Gasteiger partial charge >= 0.3 is 0 Å². The minimum atomic E-state index is 0.805. The summed E-state index contributed by atoms with van der Waals surface area (Å²) >= 11 is 0. The van der Waals surface area contributed by atoms with E-state index in [-0.39, 0.29) is 0 Å². The van der Waals surface area contributed by atoms with Crippen LogP contribution in [0.2, 0.25) is 0 Å². The number of nitrogens with zero attached hydrogens (tertiary/aromatic N) is 2. The van der Waals surface area contributed by atoms with Gasteiger partial charge in [0, 0.05) is 17.5 Å². The lowest BCUT2D eigenvalue weighted by molar-refractivity contribution is 0.304. The highest BCUT2D eigenvalue weighted by molar-refractivity contribution is 5.56. The standard InChI is InChI=1S/C25H36N2O/c1-3-5-6-7-8-9-17-28-23-14-12-21(13-15-23)25-26-19-22-18-20(10-4-2)11-16-24(22)27-25/h12-15,19-20H,3-11,16-18H2,1-2H3. The number of rotatable bonds is 11. The Balaban J connectivity index is 1.50. The maximum atomic E-state index is 5.89. The summed E-state index contributed by atoms with van der Waals surface area (Å²) in [6.45, 7) is 5.33. The Kier molecular flexibility index (Phi) is 8.32. The van der Waals surface area contributed by atoms with Crippen molar-refractivity contribution in [2.75, 3.05) is 6.61 Å². The molecule has 0 bridgehead atoms. The minimum absolute atomic E-state index is 0.805. The van der Waals surface area contributed by atoms with Gasteiger partial charge in [-0.3, -0.25) is 0 Å². The number of ether oxygens (including phenoxy) is 1. The Morgan fingerprint density at radius 2 is 1.75 bits per heavy atom. The van der Waals surface area contributed by atoms with Gasteiger partial charge in [0.25, 0.3) is 0 Å². The van der Waals surface area contributed by atoms with Crippen molar-refractivity contribution in [3.05, 3.63) is 41.7 Å². The van der Waals surface area contributed by atoms with E-state index in [9.17, 15) is 0 Å². The van der Waals surface area contributed by atoms with Gasteiger partial charge in [0.1, 0.15) is 5.75 Å². The molecular weight excluding hydrogens is 344 g/mol. The number of fused-ring (bicyclic) bond motifs is 1. The molecule has 1 unspecified atom stereocenters. The SMILES string of the molecule is CCCCCCCCOc1ccc(-c2ncc3c(n2)CCC(CCC)C3)cc1. The zero-order valence-electron chi connectivity index (χ0n) is 17.8. The van der Waals surface area contributed by atoms with Crippen LogP contribution in [-0.2, 0) is 12.8 Å². The summed E-state index contributed by atoms with van der Waals surface area (Å²) in [4.78, 5) is 9.51. The number of unbranched alkanes of at least 4 members (excludes halogenated alkanes) is 5. The Morgan fingerprint density at radius 3 is 2.54 bits per heavy atom. The van der Waals surface area contributed by atoms with Crippen molar-refractivity contribution in [1.29, 1.82) is 0 Å². The molecule has 1 aliphatic rings. The summed E-state index contributed by atoms with van der Waals surface area (Å²) < 4.78 is 5.89. The molecule has 28 heavy (non-hydrogen) atoms.